The smallest absolute Gasteiger partial charge is 0.301 e. The van der Waals surface area contributed by atoms with Crippen LogP contribution in [-0.2, 0) is 79.7 Å². The van der Waals surface area contributed by atoms with Gasteiger partial charge in [0.25, 0.3) is 0 Å². The Hall–Kier alpha value is 1.35. The number of hydrogen-bond donors (Lipinski definition) is 0. The van der Waals surface area contributed by atoms with Crippen LogP contribution >= 0.6 is 0 Å². The molecule has 0 aliphatic heterocycles. The topological polar surface area (TPSA) is 43.4 Å². The Labute approximate surface area is 161 Å². The zero-order valence-corrected chi connectivity index (χ0v) is 17.5. The van der Waals surface area contributed by atoms with Crippen LogP contribution in [0.2, 0.25) is 0 Å². The first kappa shape index (κ1) is 24.4. The summed E-state index contributed by atoms with van der Waals surface area (Å²) in [6.07, 6.45) is -0.159. The molecule has 2 unspecified atom stereocenters. The molecule has 0 saturated heterocycles. The first-order valence-corrected chi connectivity index (χ1v) is 5.48. The molecule has 2 radical (unpaired) electrons. The quantitative estimate of drug-likeness (QED) is 0.523. The van der Waals surface area contributed by atoms with Gasteiger partial charge in [-0.15, -0.1) is 0 Å². The van der Waals surface area contributed by atoms with E-state index in [-0.39, 0.29) is 101 Å². The zero-order chi connectivity index (χ0) is 12.9. The van der Waals surface area contributed by atoms with Crippen LogP contribution in [0.1, 0.15) is 40.5 Å². The molecule has 0 heterocycles. The largest absolute Gasteiger partial charge is 0.495 e. The molecule has 0 saturated carbocycles. The van der Waals surface area contributed by atoms with E-state index < -0.39 is 6.10 Å². The van der Waals surface area contributed by atoms with Crippen LogP contribution in [0.4, 0.5) is 0 Å². The molecule has 0 spiro atoms. The average Bonchev–Trinajstić information content (AvgIpc) is 1.98. The number of carbonyl (C=O) groups is 2. The van der Waals surface area contributed by atoms with Crippen molar-refractivity contribution in [3.05, 3.63) is 13.8 Å². The fraction of sp³-hybridized carbons (Fsp3) is 0.692. The van der Waals surface area contributed by atoms with Crippen molar-refractivity contribution in [3.8, 4) is 0 Å². The Morgan fingerprint density at radius 3 is 1.89 bits per heavy atom. The predicted molar refractivity (Wildman–Crippen MR) is 63.5 cm³/mol. The van der Waals surface area contributed by atoms with E-state index in [0.29, 0.717) is 0 Å². The van der Waals surface area contributed by atoms with Gasteiger partial charge in [-0.2, -0.15) is 5.92 Å². The molecule has 0 aromatic rings. The van der Waals surface area contributed by atoms with E-state index in [2.05, 4.69) is 13.8 Å². The maximum absolute atomic E-state index is 11.5. The molecule has 0 amide bonds. The van der Waals surface area contributed by atoms with Gasteiger partial charge >= 0.3 is 5.97 Å². The van der Waals surface area contributed by atoms with Crippen molar-refractivity contribution in [1.29, 1.82) is 0 Å². The molecule has 0 aromatic carbocycles. The van der Waals surface area contributed by atoms with Crippen molar-refractivity contribution >= 4 is 11.8 Å². The second-order valence-corrected chi connectivity index (χ2v) is 5.29. The number of ketones is 1. The van der Waals surface area contributed by atoms with Gasteiger partial charge in [-0.3, -0.25) is 9.59 Å². The average molecular weight is 404 g/mol. The van der Waals surface area contributed by atoms with Crippen LogP contribution in [0.3, 0.4) is 0 Å². The van der Waals surface area contributed by atoms with E-state index in [9.17, 15) is 9.59 Å². The standard InChI is InChI=1S/C13H22O3.2Y/c1-9(13(4,5)6)7-12(15)16-11(3)8-10(2)14;;/h9,11H,1,3,7-8H2,2,4-6H3;;/q-2;;. The van der Waals surface area contributed by atoms with Crippen molar-refractivity contribution < 1.29 is 79.7 Å². The summed E-state index contributed by atoms with van der Waals surface area (Å²) in [6.45, 7) is 15.1. The summed E-state index contributed by atoms with van der Waals surface area (Å²) in [5.74, 6) is -0.379. The predicted octanol–water partition coefficient (Wildman–Crippen LogP) is 2.59. The molecule has 5 heteroatoms. The van der Waals surface area contributed by atoms with Crippen LogP contribution in [0.15, 0.2) is 0 Å². The van der Waals surface area contributed by atoms with E-state index in [4.69, 9.17) is 4.74 Å². The maximum Gasteiger partial charge on any atom is 0.301 e. The van der Waals surface area contributed by atoms with Gasteiger partial charge in [-0.25, -0.2) is 0 Å². The van der Waals surface area contributed by atoms with Crippen molar-refractivity contribution in [2.24, 2.45) is 11.3 Å². The number of esters is 1. The zero-order valence-electron chi connectivity index (χ0n) is 11.9. The van der Waals surface area contributed by atoms with Crippen LogP contribution in [0.25, 0.3) is 0 Å². The van der Waals surface area contributed by atoms with Crippen molar-refractivity contribution in [2.45, 2.75) is 46.6 Å². The van der Waals surface area contributed by atoms with Crippen molar-refractivity contribution in [2.75, 3.05) is 0 Å². The van der Waals surface area contributed by atoms with Crippen molar-refractivity contribution in [1.82, 2.24) is 0 Å². The Morgan fingerprint density at radius 2 is 1.56 bits per heavy atom. The molecule has 0 N–H and O–H groups in total. The number of carbonyl (C=O) groups excluding carboxylic acids is 2. The van der Waals surface area contributed by atoms with Crippen molar-refractivity contribution in [3.63, 3.8) is 0 Å². The number of Topliss-reactive ketones (excluding diaryl/α,β-unsaturated/α-hetero) is 1. The van der Waals surface area contributed by atoms with Gasteiger partial charge < -0.3 is 18.6 Å². The van der Waals surface area contributed by atoms with Gasteiger partial charge in [0.15, 0.2) is 0 Å². The Balaban J connectivity index is -0.00000112. The molecular formula is C13H22O3Y2-2. The third kappa shape index (κ3) is 12.4. The molecule has 0 bridgehead atoms. The van der Waals surface area contributed by atoms with Gasteiger partial charge in [0, 0.05) is 78.3 Å². The summed E-state index contributed by atoms with van der Waals surface area (Å²) in [4.78, 5) is 22.3. The molecule has 0 rings (SSSR count). The first-order chi connectivity index (χ1) is 7.12. The summed E-state index contributed by atoms with van der Waals surface area (Å²) in [5, 5.41) is 0. The van der Waals surface area contributed by atoms with E-state index in [1.807, 2.05) is 20.8 Å². The molecule has 100 valence electrons. The first-order valence-electron chi connectivity index (χ1n) is 5.48. The Morgan fingerprint density at radius 1 is 1.11 bits per heavy atom. The van der Waals surface area contributed by atoms with Gasteiger partial charge in [-0.1, -0.05) is 26.2 Å². The molecule has 3 nitrogen and oxygen atoms in total. The number of rotatable bonds is 5. The summed E-state index contributed by atoms with van der Waals surface area (Å²) in [6, 6.07) is 0. The summed E-state index contributed by atoms with van der Waals surface area (Å²) in [7, 11) is 0. The monoisotopic (exact) mass is 404 g/mol. The van der Waals surface area contributed by atoms with Crippen LogP contribution in [0, 0.1) is 25.2 Å². The van der Waals surface area contributed by atoms with Crippen LogP contribution < -0.4 is 0 Å². The molecule has 0 aliphatic rings. The molecule has 0 aromatic heterocycles. The molecular weight excluding hydrogens is 382 g/mol. The normalized spacial score (nSPS) is 13.7. The third-order valence-electron chi connectivity index (χ3n) is 2.45. The van der Waals surface area contributed by atoms with Gasteiger partial charge in [0.2, 0.25) is 0 Å². The maximum atomic E-state index is 11.5. The Kier molecular flexibility index (Phi) is 15.0. The fourth-order valence-electron chi connectivity index (χ4n) is 1.10. The van der Waals surface area contributed by atoms with E-state index >= 15 is 0 Å². The van der Waals surface area contributed by atoms with Crippen LogP contribution in [0.5, 0.6) is 0 Å². The summed E-state index contributed by atoms with van der Waals surface area (Å²) < 4.78 is 5.02. The summed E-state index contributed by atoms with van der Waals surface area (Å²) >= 11 is 0. The minimum atomic E-state index is -0.586. The number of hydrogen-bond acceptors (Lipinski definition) is 3. The van der Waals surface area contributed by atoms with E-state index in [1.165, 1.54) is 6.92 Å². The Bertz CT molecular complexity index is 259. The van der Waals surface area contributed by atoms with Gasteiger partial charge in [0.05, 0.1) is 0 Å². The summed E-state index contributed by atoms with van der Waals surface area (Å²) in [5.41, 5.74) is -0.0315. The van der Waals surface area contributed by atoms with E-state index in [0.717, 1.165) is 0 Å². The fourth-order valence-corrected chi connectivity index (χ4v) is 1.10. The third-order valence-corrected chi connectivity index (χ3v) is 2.45. The van der Waals surface area contributed by atoms with E-state index in [1.54, 1.807) is 0 Å². The second-order valence-electron chi connectivity index (χ2n) is 5.29. The minimum Gasteiger partial charge on any atom is -0.495 e. The SMILES string of the molecule is [CH2-]C(CC(C)=O)OC(=O)CC([CH2-])C(C)(C)C.[Y].[Y]. The van der Waals surface area contributed by atoms with Gasteiger partial charge in [-0.05, 0) is 13.0 Å². The molecule has 2 atom stereocenters. The minimum absolute atomic E-state index is 0. The second kappa shape index (κ2) is 11.1. The number of ether oxygens (including phenoxy) is 1. The van der Waals surface area contributed by atoms with Gasteiger partial charge in [0.1, 0.15) is 5.78 Å². The molecule has 0 aliphatic carbocycles. The molecule has 0 fully saturated rings. The van der Waals surface area contributed by atoms with Crippen LogP contribution in [-0.4, -0.2) is 17.9 Å². The molecule has 18 heavy (non-hydrogen) atoms.